The number of pyridine rings is 1. The van der Waals surface area contributed by atoms with Gasteiger partial charge in [-0.3, -0.25) is 4.98 Å². The van der Waals surface area contributed by atoms with E-state index >= 15 is 0 Å². The normalized spacial score (nSPS) is 12.7. The molecule has 1 unspecified atom stereocenters. The predicted molar refractivity (Wildman–Crippen MR) is 58.6 cm³/mol. The van der Waals surface area contributed by atoms with E-state index in [-0.39, 0.29) is 6.04 Å². The largest absolute Gasteiger partial charge is 0.382 e. The zero-order valence-electron chi connectivity index (χ0n) is 9.06. The molecule has 0 spiro atoms. The minimum atomic E-state index is -0.00300. The van der Waals surface area contributed by atoms with E-state index in [9.17, 15) is 0 Å². The highest BCUT2D eigenvalue weighted by Gasteiger charge is 2.04. The Hall–Kier alpha value is -0.970. The third-order valence-electron chi connectivity index (χ3n) is 1.96. The molecule has 0 saturated carbocycles. The van der Waals surface area contributed by atoms with E-state index in [1.54, 1.807) is 13.3 Å². The minimum Gasteiger partial charge on any atom is -0.382 e. The maximum absolute atomic E-state index is 5.88. The number of nitrogens with zero attached hydrogens (tertiary/aromatic N) is 1. The van der Waals surface area contributed by atoms with E-state index in [1.165, 1.54) is 0 Å². The van der Waals surface area contributed by atoms with E-state index < -0.39 is 0 Å². The number of hydrogen-bond donors (Lipinski definition) is 1. The molecule has 1 atom stereocenters. The Bertz CT molecular complexity index is 254. The minimum absolute atomic E-state index is 0.00300. The van der Waals surface area contributed by atoms with Crippen molar-refractivity contribution < 1.29 is 9.47 Å². The second-order valence-electron chi connectivity index (χ2n) is 3.35. The summed E-state index contributed by atoms with van der Waals surface area (Å²) < 4.78 is 10.2. The second kappa shape index (κ2) is 7.34. The molecule has 0 aliphatic carbocycles. The van der Waals surface area contributed by atoms with Crippen LogP contribution in [0, 0.1) is 0 Å². The molecule has 0 aliphatic heterocycles. The first kappa shape index (κ1) is 12.1. The van der Waals surface area contributed by atoms with Crippen molar-refractivity contribution in [2.45, 2.75) is 12.5 Å². The number of hydrogen-bond acceptors (Lipinski definition) is 4. The number of methoxy groups -OCH3 is 1. The molecular weight excluding hydrogens is 192 g/mol. The van der Waals surface area contributed by atoms with Gasteiger partial charge in [-0.1, -0.05) is 6.07 Å². The smallest absolute Gasteiger partial charge is 0.0701 e. The van der Waals surface area contributed by atoms with Crippen molar-refractivity contribution in [3.05, 3.63) is 30.1 Å². The maximum atomic E-state index is 5.88. The van der Waals surface area contributed by atoms with Crippen LogP contribution in [0.4, 0.5) is 0 Å². The lowest BCUT2D eigenvalue weighted by atomic mass is 10.1. The summed E-state index contributed by atoms with van der Waals surface area (Å²) in [5, 5.41) is 0. The summed E-state index contributed by atoms with van der Waals surface area (Å²) in [7, 11) is 1.65. The SMILES string of the molecule is COCCOCC(N)Cc1ccccn1. The molecule has 4 nitrogen and oxygen atoms in total. The molecule has 2 N–H and O–H groups in total. The van der Waals surface area contributed by atoms with E-state index in [0.717, 1.165) is 12.1 Å². The zero-order valence-corrected chi connectivity index (χ0v) is 9.06. The summed E-state index contributed by atoms with van der Waals surface area (Å²) in [4.78, 5) is 4.20. The van der Waals surface area contributed by atoms with Crippen LogP contribution in [0.2, 0.25) is 0 Å². The van der Waals surface area contributed by atoms with Crippen molar-refractivity contribution in [1.82, 2.24) is 4.98 Å². The highest BCUT2D eigenvalue weighted by Crippen LogP contribution is 1.97. The number of nitrogens with two attached hydrogens (primary N) is 1. The summed E-state index contributed by atoms with van der Waals surface area (Å²) in [5.41, 5.74) is 6.88. The molecule has 1 aromatic rings. The van der Waals surface area contributed by atoms with Crippen LogP contribution >= 0.6 is 0 Å². The lowest BCUT2D eigenvalue weighted by molar-refractivity contribution is 0.0636. The predicted octanol–water partition coefficient (Wildman–Crippen LogP) is 0.614. The van der Waals surface area contributed by atoms with Gasteiger partial charge < -0.3 is 15.2 Å². The van der Waals surface area contributed by atoms with Crippen LogP contribution in [-0.4, -0.2) is 38.0 Å². The molecule has 0 radical (unpaired) electrons. The topological polar surface area (TPSA) is 57.4 Å². The van der Waals surface area contributed by atoms with E-state index in [4.69, 9.17) is 15.2 Å². The van der Waals surface area contributed by atoms with Gasteiger partial charge >= 0.3 is 0 Å². The first-order valence-electron chi connectivity index (χ1n) is 5.05. The molecule has 15 heavy (non-hydrogen) atoms. The Morgan fingerprint density at radius 2 is 2.27 bits per heavy atom. The van der Waals surface area contributed by atoms with Crippen molar-refractivity contribution in [2.24, 2.45) is 5.73 Å². The molecule has 0 aromatic carbocycles. The third-order valence-corrected chi connectivity index (χ3v) is 1.96. The standard InChI is InChI=1S/C11H18N2O2/c1-14-6-7-15-9-10(12)8-11-4-2-3-5-13-11/h2-5,10H,6-9,12H2,1H3. The second-order valence-corrected chi connectivity index (χ2v) is 3.35. The van der Waals surface area contributed by atoms with Crippen molar-refractivity contribution in [3.8, 4) is 0 Å². The molecule has 0 aliphatic rings. The Morgan fingerprint density at radius 3 is 2.93 bits per heavy atom. The van der Waals surface area contributed by atoms with Crippen molar-refractivity contribution in [1.29, 1.82) is 0 Å². The van der Waals surface area contributed by atoms with Crippen LogP contribution in [0.25, 0.3) is 0 Å². The molecule has 0 bridgehead atoms. The van der Waals surface area contributed by atoms with Gasteiger partial charge in [0.2, 0.25) is 0 Å². The van der Waals surface area contributed by atoms with Gasteiger partial charge in [0.1, 0.15) is 0 Å². The van der Waals surface area contributed by atoms with E-state index in [2.05, 4.69) is 4.98 Å². The van der Waals surface area contributed by atoms with Gasteiger partial charge in [0.15, 0.2) is 0 Å². The van der Waals surface area contributed by atoms with Gasteiger partial charge in [-0.2, -0.15) is 0 Å². The third kappa shape index (κ3) is 5.47. The van der Waals surface area contributed by atoms with Crippen molar-refractivity contribution in [2.75, 3.05) is 26.9 Å². The number of ether oxygens (including phenoxy) is 2. The fourth-order valence-corrected chi connectivity index (χ4v) is 1.22. The molecule has 84 valence electrons. The lowest BCUT2D eigenvalue weighted by Gasteiger charge is -2.11. The number of rotatable bonds is 7. The van der Waals surface area contributed by atoms with Crippen LogP contribution < -0.4 is 5.73 Å². The Balaban J connectivity index is 2.16. The fraction of sp³-hybridized carbons (Fsp3) is 0.545. The summed E-state index contributed by atoms with van der Waals surface area (Å²) in [6.07, 6.45) is 2.52. The monoisotopic (exact) mass is 210 g/mol. The van der Waals surface area contributed by atoms with Crippen LogP contribution in [0.15, 0.2) is 24.4 Å². The van der Waals surface area contributed by atoms with Crippen LogP contribution in [0.5, 0.6) is 0 Å². The first-order chi connectivity index (χ1) is 7.33. The average Bonchev–Trinajstić information content (AvgIpc) is 2.26. The molecule has 4 heteroatoms. The van der Waals surface area contributed by atoms with Crippen LogP contribution in [0.1, 0.15) is 5.69 Å². The van der Waals surface area contributed by atoms with E-state index in [0.29, 0.717) is 19.8 Å². The maximum Gasteiger partial charge on any atom is 0.0701 e. The number of aromatic nitrogens is 1. The molecule has 0 saturated heterocycles. The average molecular weight is 210 g/mol. The molecule has 0 amide bonds. The first-order valence-corrected chi connectivity index (χ1v) is 5.05. The summed E-state index contributed by atoms with van der Waals surface area (Å²) >= 11 is 0. The Morgan fingerprint density at radius 1 is 1.40 bits per heavy atom. The van der Waals surface area contributed by atoms with Gasteiger partial charge in [0, 0.05) is 31.5 Å². The summed E-state index contributed by atoms with van der Waals surface area (Å²) in [6, 6.07) is 5.82. The van der Waals surface area contributed by atoms with Crippen molar-refractivity contribution in [3.63, 3.8) is 0 Å². The molecule has 0 fully saturated rings. The van der Waals surface area contributed by atoms with Gasteiger partial charge in [-0.15, -0.1) is 0 Å². The van der Waals surface area contributed by atoms with Crippen molar-refractivity contribution >= 4 is 0 Å². The molecule has 1 aromatic heterocycles. The lowest BCUT2D eigenvalue weighted by Crippen LogP contribution is -2.29. The highest BCUT2D eigenvalue weighted by molar-refractivity contribution is 5.04. The van der Waals surface area contributed by atoms with Crippen LogP contribution in [0.3, 0.4) is 0 Å². The van der Waals surface area contributed by atoms with Gasteiger partial charge in [-0.25, -0.2) is 0 Å². The molecule has 1 rings (SSSR count). The highest BCUT2D eigenvalue weighted by atomic mass is 16.5. The summed E-state index contributed by atoms with van der Waals surface area (Å²) in [6.45, 7) is 1.74. The van der Waals surface area contributed by atoms with Gasteiger partial charge in [0.25, 0.3) is 0 Å². The van der Waals surface area contributed by atoms with Crippen LogP contribution in [-0.2, 0) is 15.9 Å². The Kier molecular flexibility index (Phi) is 5.92. The molecular formula is C11H18N2O2. The summed E-state index contributed by atoms with van der Waals surface area (Å²) in [5.74, 6) is 0. The quantitative estimate of drug-likeness (QED) is 0.670. The fourth-order valence-electron chi connectivity index (χ4n) is 1.22. The van der Waals surface area contributed by atoms with Gasteiger partial charge in [0.05, 0.1) is 19.8 Å². The van der Waals surface area contributed by atoms with Gasteiger partial charge in [-0.05, 0) is 12.1 Å². The molecule has 1 heterocycles. The van der Waals surface area contributed by atoms with E-state index in [1.807, 2.05) is 18.2 Å². The zero-order chi connectivity index (χ0) is 10.9. The Labute approximate surface area is 90.4 Å².